The average Bonchev–Trinajstić information content (AvgIpc) is 3.18. The predicted molar refractivity (Wildman–Crippen MR) is 69.4 cm³/mol. The largest absolute Gasteiger partial charge is 0.298 e. The minimum atomic E-state index is -0.415. The Kier molecular flexibility index (Phi) is 4.18. The van der Waals surface area contributed by atoms with E-state index in [4.69, 9.17) is 5.26 Å². The molecule has 1 saturated carbocycles. The molecule has 0 saturated heterocycles. The number of nitro groups is 1. The third kappa shape index (κ3) is 3.72. The molecule has 0 bridgehead atoms. The van der Waals surface area contributed by atoms with E-state index < -0.39 is 4.92 Å². The molecule has 1 unspecified atom stereocenters. The van der Waals surface area contributed by atoms with Gasteiger partial charge in [-0.1, -0.05) is 0 Å². The first kappa shape index (κ1) is 12.9. The molecule has 1 aromatic rings. The lowest BCUT2D eigenvalue weighted by atomic mass is 10.3. The van der Waals surface area contributed by atoms with Gasteiger partial charge in [0.1, 0.15) is 6.04 Å². The predicted octanol–water partition coefficient (Wildman–Crippen LogP) is 2.33. The molecule has 0 spiro atoms. The monoisotopic (exact) mass is 263 g/mol. The Morgan fingerprint density at radius 3 is 2.67 bits per heavy atom. The van der Waals surface area contributed by atoms with E-state index in [0.717, 1.165) is 17.7 Å². The molecular weight excluding hydrogens is 250 g/mol. The van der Waals surface area contributed by atoms with Gasteiger partial charge in [-0.2, -0.15) is 5.26 Å². The minimum absolute atomic E-state index is 0.0901. The van der Waals surface area contributed by atoms with E-state index in [1.807, 2.05) is 0 Å². The highest BCUT2D eigenvalue weighted by atomic mass is 32.2. The zero-order chi connectivity index (χ0) is 13.0. The molecule has 5 nitrogen and oxygen atoms in total. The van der Waals surface area contributed by atoms with Gasteiger partial charge in [0, 0.05) is 28.8 Å². The van der Waals surface area contributed by atoms with Crippen LogP contribution >= 0.6 is 11.8 Å². The van der Waals surface area contributed by atoms with Crippen molar-refractivity contribution in [2.24, 2.45) is 0 Å². The van der Waals surface area contributed by atoms with Gasteiger partial charge in [0.15, 0.2) is 0 Å². The molecule has 1 fully saturated rings. The van der Waals surface area contributed by atoms with Crippen molar-refractivity contribution in [1.29, 1.82) is 5.26 Å². The van der Waals surface area contributed by atoms with Gasteiger partial charge in [0.05, 0.1) is 11.0 Å². The number of nitriles is 1. The Morgan fingerprint density at radius 1 is 1.50 bits per heavy atom. The first-order valence-corrected chi connectivity index (χ1v) is 6.70. The molecule has 0 radical (unpaired) electrons. The van der Waals surface area contributed by atoms with Crippen molar-refractivity contribution in [3.63, 3.8) is 0 Å². The van der Waals surface area contributed by atoms with Gasteiger partial charge in [0.2, 0.25) is 0 Å². The standard InChI is InChI=1S/C12H13N3O2S/c13-7-10(14-9-1-2-9)8-18-12-5-3-11(4-6-12)15(16)17/h3-6,9-10,14H,1-2,8H2. The number of nitrogens with one attached hydrogen (secondary N) is 1. The van der Waals surface area contributed by atoms with Crippen LogP contribution in [0, 0.1) is 21.4 Å². The van der Waals surface area contributed by atoms with E-state index in [0.29, 0.717) is 11.8 Å². The molecule has 1 N–H and O–H groups in total. The van der Waals surface area contributed by atoms with Crippen LogP contribution in [0.4, 0.5) is 5.69 Å². The molecule has 1 aliphatic rings. The lowest BCUT2D eigenvalue weighted by Gasteiger charge is -2.09. The molecule has 1 aromatic carbocycles. The topological polar surface area (TPSA) is 79.0 Å². The summed E-state index contributed by atoms with van der Waals surface area (Å²) in [6.45, 7) is 0. The zero-order valence-corrected chi connectivity index (χ0v) is 10.5. The number of rotatable bonds is 6. The fourth-order valence-electron chi connectivity index (χ4n) is 1.50. The highest BCUT2D eigenvalue weighted by Gasteiger charge is 2.24. The first-order chi connectivity index (χ1) is 8.69. The van der Waals surface area contributed by atoms with E-state index in [1.165, 1.54) is 23.9 Å². The first-order valence-electron chi connectivity index (χ1n) is 5.72. The van der Waals surface area contributed by atoms with Crippen LogP contribution in [0.15, 0.2) is 29.2 Å². The van der Waals surface area contributed by atoms with Crippen LogP contribution in [0.1, 0.15) is 12.8 Å². The van der Waals surface area contributed by atoms with Crippen molar-refractivity contribution >= 4 is 17.4 Å². The Bertz CT molecular complexity index is 465. The third-order valence-electron chi connectivity index (χ3n) is 2.63. The summed E-state index contributed by atoms with van der Waals surface area (Å²) in [6, 6.07) is 8.99. The summed E-state index contributed by atoms with van der Waals surface area (Å²) in [5.41, 5.74) is 0.0901. The van der Waals surface area contributed by atoms with Crippen molar-refractivity contribution in [2.45, 2.75) is 29.8 Å². The van der Waals surface area contributed by atoms with Gasteiger partial charge in [-0.15, -0.1) is 11.8 Å². The number of nitrogens with zero attached hydrogens (tertiary/aromatic N) is 2. The zero-order valence-electron chi connectivity index (χ0n) is 9.70. The Morgan fingerprint density at radius 2 is 2.17 bits per heavy atom. The maximum atomic E-state index is 10.5. The Labute approximate surface area is 109 Å². The van der Waals surface area contributed by atoms with Crippen molar-refractivity contribution < 1.29 is 4.92 Å². The van der Waals surface area contributed by atoms with Crippen LogP contribution in [0.3, 0.4) is 0 Å². The minimum Gasteiger partial charge on any atom is -0.298 e. The van der Waals surface area contributed by atoms with Crippen molar-refractivity contribution in [2.75, 3.05) is 5.75 Å². The van der Waals surface area contributed by atoms with Gasteiger partial charge < -0.3 is 0 Å². The van der Waals surface area contributed by atoms with Crippen LogP contribution in [-0.4, -0.2) is 22.8 Å². The number of thioether (sulfide) groups is 1. The molecule has 0 amide bonds. The van der Waals surface area contributed by atoms with Gasteiger partial charge >= 0.3 is 0 Å². The molecule has 1 atom stereocenters. The molecule has 18 heavy (non-hydrogen) atoms. The quantitative estimate of drug-likeness (QED) is 0.484. The summed E-state index contributed by atoms with van der Waals surface area (Å²) in [5, 5.41) is 22.7. The van der Waals surface area contributed by atoms with Gasteiger partial charge in [-0.05, 0) is 25.0 Å². The van der Waals surface area contributed by atoms with Crippen LogP contribution < -0.4 is 5.32 Å². The molecular formula is C12H13N3O2S. The van der Waals surface area contributed by atoms with E-state index in [1.54, 1.807) is 12.1 Å². The molecule has 6 heteroatoms. The molecule has 0 heterocycles. The fraction of sp³-hybridized carbons (Fsp3) is 0.417. The molecule has 2 rings (SSSR count). The fourth-order valence-corrected chi connectivity index (χ4v) is 2.36. The van der Waals surface area contributed by atoms with E-state index in [2.05, 4.69) is 11.4 Å². The SMILES string of the molecule is N#CC(CSc1ccc([N+](=O)[O-])cc1)NC1CC1. The molecule has 0 aromatic heterocycles. The lowest BCUT2D eigenvalue weighted by molar-refractivity contribution is -0.384. The van der Waals surface area contributed by atoms with E-state index in [9.17, 15) is 10.1 Å². The maximum absolute atomic E-state index is 10.5. The van der Waals surface area contributed by atoms with E-state index in [-0.39, 0.29) is 11.7 Å². The van der Waals surface area contributed by atoms with Gasteiger partial charge in [-0.3, -0.25) is 15.4 Å². The number of hydrogen-bond donors (Lipinski definition) is 1. The Balaban J connectivity index is 1.84. The summed E-state index contributed by atoms with van der Waals surface area (Å²) in [5.74, 6) is 0.658. The van der Waals surface area contributed by atoms with Crippen LogP contribution in [0.25, 0.3) is 0 Å². The normalized spacial score (nSPS) is 15.9. The molecule has 0 aliphatic heterocycles. The molecule has 1 aliphatic carbocycles. The van der Waals surface area contributed by atoms with Gasteiger partial charge in [-0.25, -0.2) is 0 Å². The lowest BCUT2D eigenvalue weighted by Crippen LogP contribution is -2.31. The van der Waals surface area contributed by atoms with Gasteiger partial charge in [0.25, 0.3) is 5.69 Å². The highest BCUT2D eigenvalue weighted by molar-refractivity contribution is 7.99. The number of non-ortho nitro benzene ring substituents is 1. The highest BCUT2D eigenvalue weighted by Crippen LogP contribution is 2.24. The van der Waals surface area contributed by atoms with E-state index >= 15 is 0 Å². The third-order valence-corrected chi connectivity index (χ3v) is 3.74. The number of nitro benzene ring substituents is 1. The summed E-state index contributed by atoms with van der Waals surface area (Å²) in [6.07, 6.45) is 2.31. The second kappa shape index (κ2) is 5.85. The summed E-state index contributed by atoms with van der Waals surface area (Å²) in [4.78, 5) is 11.0. The second-order valence-electron chi connectivity index (χ2n) is 4.18. The van der Waals surface area contributed by atoms with Crippen LogP contribution in [0.2, 0.25) is 0 Å². The number of hydrogen-bond acceptors (Lipinski definition) is 5. The van der Waals surface area contributed by atoms with Crippen molar-refractivity contribution in [1.82, 2.24) is 5.32 Å². The number of benzene rings is 1. The van der Waals surface area contributed by atoms with Crippen molar-refractivity contribution in [3.05, 3.63) is 34.4 Å². The smallest absolute Gasteiger partial charge is 0.269 e. The van der Waals surface area contributed by atoms with Crippen LogP contribution in [0.5, 0.6) is 0 Å². The summed E-state index contributed by atoms with van der Waals surface area (Å²) >= 11 is 1.54. The second-order valence-corrected chi connectivity index (χ2v) is 5.28. The van der Waals surface area contributed by atoms with Crippen LogP contribution in [-0.2, 0) is 0 Å². The average molecular weight is 263 g/mol. The summed E-state index contributed by atoms with van der Waals surface area (Å²) < 4.78 is 0. The van der Waals surface area contributed by atoms with Crippen molar-refractivity contribution in [3.8, 4) is 6.07 Å². The Hall–Kier alpha value is -1.58. The maximum Gasteiger partial charge on any atom is 0.269 e. The molecule has 94 valence electrons. The summed E-state index contributed by atoms with van der Waals surface area (Å²) in [7, 11) is 0.